The molecule has 106 valence electrons. The van der Waals surface area contributed by atoms with E-state index in [1.54, 1.807) is 16.8 Å². The van der Waals surface area contributed by atoms with Gasteiger partial charge in [0.2, 0.25) is 0 Å². The summed E-state index contributed by atoms with van der Waals surface area (Å²) in [5.74, 6) is -1.13. The van der Waals surface area contributed by atoms with Crippen molar-refractivity contribution in [3.8, 4) is 5.75 Å². The smallest absolute Gasteiger partial charge is 0.335 e. The highest BCUT2D eigenvalue weighted by Crippen LogP contribution is 2.27. The number of methoxy groups -OCH3 is 1. The zero-order valence-electron chi connectivity index (χ0n) is 10.4. The Morgan fingerprint density at radius 1 is 1.35 bits per heavy atom. The Morgan fingerprint density at radius 3 is 2.65 bits per heavy atom. The number of sulfonamides is 1. The summed E-state index contributed by atoms with van der Waals surface area (Å²) in [6.07, 6.45) is 0. The molecule has 20 heavy (non-hydrogen) atoms. The number of thiophene rings is 1. The number of anilines is 1. The van der Waals surface area contributed by atoms with Crippen molar-refractivity contribution in [3.63, 3.8) is 0 Å². The lowest BCUT2D eigenvalue weighted by Crippen LogP contribution is -2.14. The van der Waals surface area contributed by atoms with Crippen LogP contribution in [0.5, 0.6) is 5.75 Å². The second-order valence-electron chi connectivity index (χ2n) is 3.79. The van der Waals surface area contributed by atoms with Gasteiger partial charge in [-0.25, -0.2) is 13.2 Å². The summed E-state index contributed by atoms with van der Waals surface area (Å²) in [5, 5.41) is 12.3. The molecule has 0 atom stereocenters. The van der Waals surface area contributed by atoms with Crippen molar-refractivity contribution in [1.82, 2.24) is 0 Å². The highest BCUT2D eigenvalue weighted by atomic mass is 32.2. The number of carboxylic acid groups (broad SMARTS) is 1. The predicted octanol–water partition coefficient (Wildman–Crippen LogP) is 2.26. The van der Waals surface area contributed by atoms with Crippen molar-refractivity contribution in [3.05, 3.63) is 40.6 Å². The molecule has 0 unspecified atom stereocenters. The maximum absolute atomic E-state index is 12.3. The molecule has 1 aromatic carbocycles. The van der Waals surface area contributed by atoms with Gasteiger partial charge >= 0.3 is 5.97 Å². The van der Waals surface area contributed by atoms with Gasteiger partial charge in [0.15, 0.2) is 0 Å². The quantitative estimate of drug-likeness (QED) is 0.883. The predicted molar refractivity (Wildman–Crippen MR) is 75.1 cm³/mol. The van der Waals surface area contributed by atoms with Gasteiger partial charge in [-0.05, 0) is 29.6 Å². The Bertz CT molecular complexity index is 722. The highest BCUT2D eigenvalue weighted by molar-refractivity contribution is 7.92. The molecule has 0 fully saturated rings. The summed E-state index contributed by atoms with van der Waals surface area (Å²) < 4.78 is 31.9. The van der Waals surface area contributed by atoms with Gasteiger partial charge in [-0.2, -0.15) is 11.3 Å². The van der Waals surface area contributed by atoms with Crippen LogP contribution in [0.1, 0.15) is 10.4 Å². The Morgan fingerprint density at radius 2 is 2.10 bits per heavy atom. The minimum atomic E-state index is -3.91. The fraction of sp³-hybridized carbons (Fsp3) is 0.0833. The molecule has 0 aliphatic heterocycles. The lowest BCUT2D eigenvalue weighted by molar-refractivity contribution is 0.0696. The number of ether oxygens (including phenoxy) is 1. The van der Waals surface area contributed by atoms with Crippen LogP contribution in [0.2, 0.25) is 0 Å². The summed E-state index contributed by atoms with van der Waals surface area (Å²) in [4.78, 5) is 10.7. The van der Waals surface area contributed by atoms with E-state index in [1.807, 2.05) is 0 Å². The first kappa shape index (κ1) is 14.4. The van der Waals surface area contributed by atoms with E-state index in [4.69, 9.17) is 9.84 Å². The van der Waals surface area contributed by atoms with E-state index in [-0.39, 0.29) is 16.2 Å². The standard InChI is InChI=1S/C12H11NO5S2/c1-18-10-3-2-8(12(14)15)6-11(10)20(16,17)13-9-4-5-19-7-9/h2-7,13H,1H3,(H,14,15). The zero-order valence-corrected chi connectivity index (χ0v) is 12.0. The van der Waals surface area contributed by atoms with Crippen molar-refractivity contribution in [2.24, 2.45) is 0 Å². The topological polar surface area (TPSA) is 92.7 Å². The van der Waals surface area contributed by atoms with Gasteiger partial charge in [0.25, 0.3) is 10.0 Å². The van der Waals surface area contributed by atoms with Crippen LogP contribution in [-0.4, -0.2) is 26.6 Å². The van der Waals surface area contributed by atoms with Crippen molar-refractivity contribution in [1.29, 1.82) is 0 Å². The highest BCUT2D eigenvalue weighted by Gasteiger charge is 2.21. The molecule has 0 saturated carbocycles. The average molecular weight is 313 g/mol. The minimum absolute atomic E-state index is 0.0812. The fourth-order valence-electron chi connectivity index (χ4n) is 1.55. The number of hydrogen-bond acceptors (Lipinski definition) is 5. The van der Waals surface area contributed by atoms with Crippen molar-refractivity contribution in [2.75, 3.05) is 11.8 Å². The summed E-state index contributed by atoms with van der Waals surface area (Å²) >= 11 is 1.34. The van der Waals surface area contributed by atoms with Crippen LogP contribution >= 0.6 is 11.3 Å². The molecule has 0 spiro atoms. The first-order valence-corrected chi connectivity index (χ1v) is 7.83. The first-order valence-electron chi connectivity index (χ1n) is 5.40. The second-order valence-corrected chi connectivity index (χ2v) is 6.22. The Balaban J connectivity index is 2.48. The van der Waals surface area contributed by atoms with E-state index in [2.05, 4.69) is 4.72 Å². The summed E-state index contributed by atoms with van der Waals surface area (Å²) in [6, 6.07) is 5.27. The molecular formula is C12H11NO5S2. The van der Waals surface area contributed by atoms with E-state index < -0.39 is 16.0 Å². The Kier molecular flexibility index (Phi) is 3.96. The molecular weight excluding hydrogens is 302 g/mol. The van der Waals surface area contributed by atoms with E-state index in [1.165, 1.54) is 30.6 Å². The van der Waals surface area contributed by atoms with Crippen LogP contribution in [-0.2, 0) is 10.0 Å². The summed E-state index contributed by atoms with van der Waals surface area (Å²) in [5.41, 5.74) is 0.286. The normalized spacial score (nSPS) is 11.1. The molecule has 0 aliphatic carbocycles. The van der Waals surface area contributed by atoms with Gasteiger partial charge < -0.3 is 9.84 Å². The maximum Gasteiger partial charge on any atom is 0.335 e. The molecule has 8 heteroatoms. The average Bonchev–Trinajstić information content (AvgIpc) is 2.90. The largest absolute Gasteiger partial charge is 0.495 e. The third-order valence-electron chi connectivity index (χ3n) is 2.47. The molecule has 1 heterocycles. The van der Waals surface area contributed by atoms with E-state index in [0.29, 0.717) is 5.69 Å². The van der Waals surface area contributed by atoms with Crippen molar-refractivity contribution < 1.29 is 23.1 Å². The van der Waals surface area contributed by atoms with Crippen LogP contribution in [0.4, 0.5) is 5.69 Å². The van der Waals surface area contributed by atoms with Crippen molar-refractivity contribution >= 4 is 33.0 Å². The molecule has 2 aromatic rings. The molecule has 0 bridgehead atoms. The molecule has 0 amide bonds. The van der Waals surface area contributed by atoms with Crippen LogP contribution in [0.15, 0.2) is 39.9 Å². The van der Waals surface area contributed by atoms with Gasteiger partial charge in [-0.15, -0.1) is 0 Å². The van der Waals surface area contributed by atoms with Crippen LogP contribution in [0.3, 0.4) is 0 Å². The third kappa shape index (κ3) is 2.91. The number of nitrogens with one attached hydrogen (secondary N) is 1. The van der Waals surface area contributed by atoms with Gasteiger partial charge in [0.05, 0.1) is 18.4 Å². The Hall–Kier alpha value is -2.06. The number of carboxylic acids is 1. The monoisotopic (exact) mass is 313 g/mol. The van der Waals surface area contributed by atoms with Gasteiger partial charge in [-0.3, -0.25) is 4.72 Å². The van der Waals surface area contributed by atoms with E-state index >= 15 is 0 Å². The van der Waals surface area contributed by atoms with Gasteiger partial charge in [-0.1, -0.05) is 0 Å². The first-order chi connectivity index (χ1) is 9.44. The molecule has 0 radical (unpaired) electrons. The number of aromatic carboxylic acids is 1. The fourth-order valence-corrected chi connectivity index (χ4v) is 3.46. The lowest BCUT2D eigenvalue weighted by atomic mass is 10.2. The van der Waals surface area contributed by atoms with Gasteiger partial charge in [0, 0.05) is 5.38 Å². The lowest BCUT2D eigenvalue weighted by Gasteiger charge is -2.11. The summed E-state index contributed by atoms with van der Waals surface area (Å²) in [7, 11) is -2.59. The van der Waals surface area contributed by atoms with E-state index in [0.717, 1.165) is 6.07 Å². The molecule has 1 aromatic heterocycles. The molecule has 2 N–H and O–H groups in total. The molecule has 2 rings (SSSR count). The number of hydrogen-bond donors (Lipinski definition) is 2. The molecule has 6 nitrogen and oxygen atoms in total. The minimum Gasteiger partial charge on any atom is -0.495 e. The summed E-state index contributed by atoms with van der Waals surface area (Å²) in [6.45, 7) is 0. The van der Waals surface area contributed by atoms with Crippen LogP contribution < -0.4 is 9.46 Å². The number of rotatable bonds is 5. The van der Waals surface area contributed by atoms with Gasteiger partial charge in [0.1, 0.15) is 10.6 Å². The number of carbonyl (C=O) groups is 1. The van der Waals surface area contributed by atoms with E-state index in [9.17, 15) is 13.2 Å². The molecule has 0 aliphatic rings. The van der Waals surface area contributed by atoms with Crippen LogP contribution in [0.25, 0.3) is 0 Å². The Labute approximate surface area is 119 Å². The zero-order chi connectivity index (χ0) is 14.8. The third-order valence-corrected chi connectivity index (χ3v) is 4.56. The molecule has 0 saturated heterocycles. The second kappa shape index (κ2) is 5.51. The van der Waals surface area contributed by atoms with Crippen molar-refractivity contribution in [2.45, 2.75) is 4.90 Å². The maximum atomic E-state index is 12.3. The van der Waals surface area contributed by atoms with Crippen LogP contribution in [0, 0.1) is 0 Å². The number of benzene rings is 1. The SMILES string of the molecule is COc1ccc(C(=O)O)cc1S(=O)(=O)Nc1ccsc1.